The molecule has 0 spiro atoms. The maximum absolute atomic E-state index is 6.06. The number of rotatable bonds is 11. The third-order valence-corrected chi connectivity index (χ3v) is 3.70. The van der Waals surface area contributed by atoms with E-state index in [4.69, 9.17) is 14.2 Å². The van der Waals surface area contributed by atoms with Crippen molar-refractivity contribution in [3.05, 3.63) is 23.8 Å². The second-order valence-corrected chi connectivity index (χ2v) is 5.11. The molecule has 0 atom stereocenters. The number of nitrogens with one attached hydrogen (secondary N) is 1. The second kappa shape index (κ2) is 10.5. The normalized spacial score (nSPS) is 10.9. The fraction of sp³-hybridized carbons (Fsp3) is 0.647. The first kappa shape index (κ1) is 17.8. The molecule has 0 aliphatic heterocycles. The van der Waals surface area contributed by atoms with Crippen LogP contribution in [0.2, 0.25) is 0 Å². The Morgan fingerprint density at radius 3 is 2.52 bits per heavy atom. The van der Waals surface area contributed by atoms with Crippen LogP contribution in [-0.4, -0.2) is 34.0 Å². The average Bonchev–Trinajstić information content (AvgIpc) is 2.53. The fourth-order valence-corrected chi connectivity index (χ4v) is 2.15. The molecule has 1 aromatic rings. The monoisotopic (exact) mass is 295 g/mol. The van der Waals surface area contributed by atoms with Gasteiger partial charge in [-0.1, -0.05) is 38.8 Å². The molecule has 0 bridgehead atoms. The van der Waals surface area contributed by atoms with Gasteiger partial charge < -0.3 is 19.5 Å². The van der Waals surface area contributed by atoms with E-state index in [1.165, 1.54) is 0 Å². The molecule has 21 heavy (non-hydrogen) atoms. The third kappa shape index (κ3) is 5.94. The second-order valence-electron chi connectivity index (χ2n) is 5.11. The van der Waals surface area contributed by atoms with E-state index in [2.05, 4.69) is 25.2 Å². The first-order chi connectivity index (χ1) is 10.3. The van der Waals surface area contributed by atoms with E-state index in [0.29, 0.717) is 12.5 Å². The van der Waals surface area contributed by atoms with Gasteiger partial charge in [0.15, 0.2) is 11.5 Å². The number of benzene rings is 1. The van der Waals surface area contributed by atoms with Crippen LogP contribution in [0.4, 0.5) is 0 Å². The van der Waals surface area contributed by atoms with Crippen LogP contribution in [0.3, 0.4) is 0 Å². The molecule has 0 aliphatic rings. The molecular weight excluding hydrogens is 266 g/mol. The molecule has 0 heterocycles. The van der Waals surface area contributed by atoms with Crippen LogP contribution in [0.5, 0.6) is 11.5 Å². The highest BCUT2D eigenvalue weighted by Gasteiger charge is 2.12. The number of methoxy groups -OCH3 is 2. The largest absolute Gasteiger partial charge is 0.493 e. The zero-order chi connectivity index (χ0) is 15.5. The highest BCUT2D eigenvalue weighted by molar-refractivity contribution is 5.46. The van der Waals surface area contributed by atoms with Crippen molar-refractivity contribution >= 4 is 0 Å². The van der Waals surface area contributed by atoms with Crippen LogP contribution in [0, 0.1) is 5.92 Å². The van der Waals surface area contributed by atoms with Crippen molar-refractivity contribution in [2.24, 2.45) is 5.92 Å². The predicted molar refractivity (Wildman–Crippen MR) is 86.1 cm³/mol. The van der Waals surface area contributed by atoms with E-state index in [1.54, 1.807) is 14.2 Å². The zero-order valence-electron chi connectivity index (χ0n) is 13.8. The first-order valence-corrected chi connectivity index (χ1v) is 7.75. The quantitative estimate of drug-likeness (QED) is 0.636. The van der Waals surface area contributed by atoms with Gasteiger partial charge in [0.25, 0.3) is 0 Å². The Morgan fingerprint density at radius 2 is 1.90 bits per heavy atom. The Labute approximate surface area is 128 Å². The molecule has 0 aromatic heterocycles. The summed E-state index contributed by atoms with van der Waals surface area (Å²) in [4.78, 5) is 0. The topological polar surface area (TPSA) is 39.7 Å². The molecule has 0 amide bonds. The lowest BCUT2D eigenvalue weighted by Gasteiger charge is -2.18. The average molecular weight is 295 g/mol. The Morgan fingerprint density at radius 1 is 1.14 bits per heavy atom. The van der Waals surface area contributed by atoms with E-state index in [0.717, 1.165) is 49.6 Å². The van der Waals surface area contributed by atoms with E-state index in [1.807, 2.05) is 12.1 Å². The number of para-hydroxylation sites is 1. The third-order valence-electron chi connectivity index (χ3n) is 3.70. The lowest BCUT2D eigenvalue weighted by molar-refractivity contribution is 0.198. The summed E-state index contributed by atoms with van der Waals surface area (Å²) in [7, 11) is 3.39. The fourth-order valence-electron chi connectivity index (χ4n) is 2.15. The molecular formula is C17H29NO3. The van der Waals surface area contributed by atoms with Gasteiger partial charge >= 0.3 is 0 Å². The van der Waals surface area contributed by atoms with Crippen LogP contribution in [0.15, 0.2) is 18.2 Å². The lowest BCUT2D eigenvalue weighted by Crippen LogP contribution is -2.19. The van der Waals surface area contributed by atoms with Crippen molar-refractivity contribution in [2.45, 2.75) is 33.2 Å². The smallest absolute Gasteiger partial charge is 0.165 e. The summed E-state index contributed by atoms with van der Waals surface area (Å²) in [6.07, 6.45) is 2.26. The Bertz CT molecular complexity index is 392. The Kier molecular flexibility index (Phi) is 8.87. The molecule has 0 fully saturated rings. The predicted octanol–water partition coefficient (Wildman–Crippen LogP) is 3.25. The van der Waals surface area contributed by atoms with E-state index in [9.17, 15) is 0 Å². The van der Waals surface area contributed by atoms with Gasteiger partial charge in [0.2, 0.25) is 0 Å². The van der Waals surface area contributed by atoms with Gasteiger partial charge in [-0.15, -0.1) is 0 Å². The van der Waals surface area contributed by atoms with Crippen molar-refractivity contribution < 1.29 is 14.2 Å². The molecule has 120 valence electrons. The molecule has 0 unspecified atom stereocenters. The highest BCUT2D eigenvalue weighted by Crippen LogP contribution is 2.31. The molecule has 1 aromatic carbocycles. The van der Waals surface area contributed by atoms with Gasteiger partial charge in [0.05, 0.1) is 20.3 Å². The maximum Gasteiger partial charge on any atom is 0.165 e. The molecule has 1 N–H and O–H groups in total. The zero-order valence-corrected chi connectivity index (χ0v) is 13.8. The summed E-state index contributed by atoms with van der Waals surface area (Å²) < 4.78 is 16.5. The summed E-state index contributed by atoms with van der Waals surface area (Å²) in [5.41, 5.74) is 1.12. The lowest BCUT2D eigenvalue weighted by atomic mass is 10.1. The van der Waals surface area contributed by atoms with E-state index >= 15 is 0 Å². The van der Waals surface area contributed by atoms with Gasteiger partial charge in [-0.2, -0.15) is 0 Å². The van der Waals surface area contributed by atoms with Crippen molar-refractivity contribution in [1.29, 1.82) is 0 Å². The number of hydrogen-bond acceptors (Lipinski definition) is 4. The first-order valence-electron chi connectivity index (χ1n) is 7.75. The summed E-state index contributed by atoms with van der Waals surface area (Å²) in [6.45, 7) is 7.41. The van der Waals surface area contributed by atoms with Crippen LogP contribution < -0.4 is 14.8 Å². The van der Waals surface area contributed by atoms with Crippen molar-refractivity contribution in [3.63, 3.8) is 0 Å². The van der Waals surface area contributed by atoms with Gasteiger partial charge in [0.1, 0.15) is 0 Å². The van der Waals surface area contributed by atoms with E-state index in [-0.39, 0.29) is 0 Å². The molecule has 0 saturated heterocycles. The van der Waals surface area contributed by atoms with Crippen LogP contribution in [0.1, 0.15) is 32.3 Å². The van der Waals surface area contributed by atoms with Crippen LogP contribution >= 0.6 is 0 Å². The summed E-state index contributed by atoms with van der Waals surface area (Å²) in [6, 6.07) is 6.02. The van der Waals surface area contributed by atoms with Crippen molar-refractivity contribution in [2.75, 3.05) is 34.0 Å². The van der Waals surface area contributed by atoms with Gasteiger partial charge in [-0.3, -0.25) is 0 Å². The van der Waals surface area contributed by atoms with Crippen LogP contribution in [0.25, 0.3) is 0 Å². The van der Waals surface area contributed by atoms with E-state index < -0.39 is 0 Å². The minimum absolute atomic E-state index is 0.587. The molecule has 0 aliphatic carbocycles. The molecule has 1 rings (SSSR count). The molecule has 4 heteroatoms. The SMILES string of the molecule is CCC(CC)COc1c(CNCCOC)cccc1OC. The Balaban J connectivity index is 2.72. The minimum atomic E-state index is 0.587. The van der Waals surface area contributed by atoms with Crippen molar-refractivity contribution in [1.82, 2.24) is 5.32 Å². The van der Waals surface area contributed by atoms with Gasteiger partial charge in [0, 0.05) is 25.8 Å². The van der Waals surface area contributed by atoms with Gasteiger partial charge in [-0.05, 0) is 12.0 Å². The Hall–Kier alpha value is -1.26. The molecule has 0 radical (unpaired) electrons. The summed E-state index contributed by atoms with van der Waals surface area (Å²) in [5.74, 6) is 2.24. The summed E-state index contributed by atoms with van der Waals surface area (Å²) in [5, 5.41) is 3.35. The number of ether oxygens (including phenoxy) is 3. The minimum Gasteiger partial charge on any atom is -0.493 e. The highest BCUT2D eigenvalue weighted by atomic mass is 16.5. The number of hydrogen-bond donors (Lipinski definition) is 1. The van der Waals surface area contributed by atoms with Crippen LogP contribution in [-0.2, 0) is 11.3 Å². The maximum atomic E-state index is 6.06. The summed E-state index contributed by atoms with van der Waals surface area (Å²) >= 11 is 0. The molecule has 4 nitrogen and oxygen atoms in total. The van der Waals surface area contributed by atoms with Gasteiger partial charge in [-0.25, -0.2) is 0 Å². The van der Waals surface area contributed by atoms with Crippen molar-refractivity contribution in [3.8, 4) is 11.5 Å². The standard InChI is InChI=1S/C17H29NO3/c1-5-14(6-2)13-21-17-15(12-18-10-11-19-3)8-7-9-16(17)20-4/h7-9,14,18H,5-6,10-13H2,1-4H3. The molecule has 0 saturated carbocycles.